The second-order valence-electron chi connectivity index (χ2n) is 3.03. The molecule has 0 saturated heterocycles. The monoisotopic (exact) mass is 258 g/mol. The molecule has 0 atom stereocenters. The van der Waals surface area contributed by atoms with Crippen molar-refractivity contribution in [1.82, 2.24) is 5.32 Å². The first-order valence-corrected chi connectivity index (χ1v) is 6.02. The fourth-order valence-corrected chi connectivity index (χ4v) is 1.93. The number of amides is 3. The van der Waals surface area contributed by atoms with E-state index in [9.17, 15) is 9.59 Å². The van der Waals surface area contributed by atoms with Crippen LogP contribution in [-0.4, -0.2) is 17.7 Å². The highest BCUT2D eigenvalue weighted by Gasteiger charge is 2.03. The van der Waals surface area contributed by atoms with Gasteiger partial charge >= 0.3 is 6.03 Å². The normalized spacial score (nSPS) is 9.81. The minimum Gasteiger partial charge on any atom is -0.351 e. The number of rotatable bonds is 4. The lowest BCUT2D eigenvalue weighted by Crippen LogP contribution is -2.36. The van der Waals surface area contributed by atoms with Crippen LogP contribution in [0.2, 0.25) is 5.02 Å². The first-order valence-electron chi connectivity index (χ1n) is 4.49. The van der Waals surface area contributed by atoms with Crippen molar-refractivity contribution in [2.45, 2.75) is 5.75 Å². The average Bonchev–Trinajstić information content (AvgIpc) is 2.20. The Kier molecular flexibility index (Phi) is 5.14. The highest BCUT2D eigenvalue weighted by atomic mass is 35.5. The molecule has 0 spiro atoms. The molecule has 16 heavy (non-hydrogen) atoms. The van der Waals surface area contributed by atoms with E-state index in [4.69, 9.17) is 17.3 Å². The maximum atomic E-state index is 11.0. The molecule has 86 valence electrons. The maximum Gasteiger partial charge on any atom is 0.318 e. The van der Waals surface area contributed by atoms with Crippen molar-refractivity contribution in [1.29, 1.82) is 0 Å². The number of nitrogens with two attached hydrogens (primary N) is 1. The van der Waals surface area contributed by atoms with Crippen molar-refractivity contribution in [2.75, 3.05) is 5.75 Å². The zero-order valence-electron chi connectivity index (χ0n) is 8.40. The summed E-state index contributed by atoms with van der Waals surface area (Å²) in [4.78, 5) is 21.4. The van der Waals surface area contributed by atoms with Gasteiger partial charge in [0.25, 0.3) is 0 Å². The Labute approximate surface area is 103 Å². The van der Waals surface area contributed by atoms with Gasteiger partial charge in [-0.15, -0.1) is 11.8 Å². The van der Waals surface area contributed by atoms with Gasteiger partial charge in [0.05, 0.1) is 5.75 Å². The molecule has 0 unspecified atom stereocenters. The molecule has 6 heteroatoms. The number of hydrogen-bond donors (Lipinski definition) is 2. The van der Waals surface area contributed by atoms with E-state index in [2.05, 4.69) is 0 Å². The number of primary amides is 1. The molecule has 3 amide bonds. The van der Waals surface area contributed by atoms with Crippen LogP contribution in [-0.2, 0) is 10.5 Å². The zero-order chi connectivity index (χ0) is 12.0. The fraction of sp³-hybridized carbons (Fsp3) is 0.200. The van der Waals surface area contributed by atoms with E-state index >= 15 is 0 Å². The molecule has 0 aliphatic carbocycles. The van der Waals surface area contributed by atoms with Gasteiger partial charge in [0, 0.05) is 10.8 Å². The summed E-state index contributed by atoms with van der Waals surface area (Å²) < 4.78 is 0. The van der Waals surface area contributed by atoms with Crippen LogP contribution >= 0.6 is 23.4 Å². The Balaban J connectivity index is 2.28. The third-order valence-electron chi connectivity index (χ3n) is 1.68. The van der Waals surface area contributed by atoms with Crippen LogP contribution in [0.3, 0.4) is 0 Å². The van der Waals surface area contributed by atoms with Gasteiger partial charge < -0.3 is 5.73 Å². The zero-order valence-corrected chi connectivity index (χ0v) is 9.98. The van der Waals surface area contributed by atoms with Gasteiger partial charge in [-0.25, -0.2) is 4.79 Å². The van der Waals surface area contributed by atoms with E-state index < -0.39 is 6.03 Å². The molecule has 0 aliphatic heterocycles. The highest BCUT2D eigenvalue weighted by molar-refractivity contribution is 7.99. The lowest BCUT2D eigenvalue weighted by Gasteiger charge is -2.02. The quantitative estimate of drug-likeness (QED) is 0.865. The van der Waals surface area contributed by atoms with Crippen LogP contribution in [0.25, 0.3) is 0 Å². The van der Waals surface area contributed by atoms with Crippen molar-refractivity contribution in [3.8, 4) is 0 Å². The minimum atomic E-state index is -0.822. The largest absolute Gasteiger partial charge is 0.351 e. The van der Waals surface area contributed by atoms with Gasteiger partial charge in [-0.3, -0.25) is 10.1 Å². The van der Waals surface area contributed by atoms with E-state index in [1.54, 1.807) is 12.1 Å². The Morgan fingerprint density at radius 1 is 1.31 bits per heavy atom. The predicted molar refractivity (Wildman–Crippen MR) is 65.3 cm³/mol. The van der Waals surface area contributed by atoms with Crippen LogP contribution in [0.15, 0.2) is 24.3 Å². The molecule has 0 heterocycles. The van der Waals surface area contributed by atoms with Crippen LogP contribution < -0.4 is 11.1 Å². The van der Waals surface area contributed by atoms with Crippen LogP contribution in [0.1, 0.15) is 5.56 Å². The molecule has 0 aromatic heterocycles. The van der Waals surface area contributed by atoms with Gasteiger partial charge in [-0.2, -0.15) is 0 Å². The SMILES string of the molecule is NC(=O)NC(=O)CSCc1ccc(Cl)cc1. The Morgan fingerprint density at radius 3 is 2.50 bits per heavy atom. The predicted octanol–water partition coefficient (Wildman–Crippen LogP) is 1.77. The highest BCUT2D eigenvalue weighted by Crippen LogP contribution is 2.15. The van der Waals surface area contributed by atoms with Gasteiger partial charge in [-0.1, -0.05) is 23.7 Å². The molecule has 1 rings (SSSR count). The maximum absolute atomic E-state index is 11.0. The van der Waals surface area contributed by atoms with Crippen molar-refractivity contribution in [3.05, 3.63) is 34.9 Å². The number of carbonyl (C=O) groups excluding carboxylic acids is 2. The van der Waals surface area contributed by atoms with Gasteiger partial charge in [0.2, 0.25) is 5.91 Å². The number of nitrogens with one attached hydrogen (secondary N) is 1. The molecule has 0 aliphatic rings. The molecule has 0 saturated carbocycles. The van der Waals surface area contributed by atoms with Crippen LogP contribution in [0.4, 0.5) is 4.79 Å². The summed E-state index contributed by atoms with van der Waals surface area (Å²) in [5.74, 6) is 0.501. The Morgan fingerprint density at radius 2 is 1.94 bits per heavy atom. The summed E-state index contributed by atoms with van der Waals surface area (Å²) >= 11 is 7.13. The number of urea groups is 1. The van der Waals surface area contributed by atoms with Crippen LogP contribution in [0, 0.1) is 0 Å². The van der Waals surface area contributed by atoms with Crippen molar-refractivity contribution < 1.29 is 9.59 Å². The number of halogens is 1. The molecule has 0 bridgehead atoms. The summed E-state index contributed by atoms with van der Waals surface area (Å²) in [5.41, 5.74) is 5.87. The molecule has 0 radical (unpaired) electrons. The molecular weight excluding hydrogens is 248 g/mol. The number of thioether (sulfide) groups is 1. The summed E-state index contributed by atoms with van der Waals surface area (Å²) in [6, 6.07) is 6.54. The summed E-state index contributed by atoms with van der Waals surface area (Å²) in [5, 5.41) is 2.68. The average molecular weight is 259 g/mol. The number of benzene rings is 1. The molecule has 3 N–H and O–H groups in total. The lowest BCUT2D eigenvalue weighted by molar-refractivity contribution is -0.117. The number of hydrogen-bond acceptors (Lipinski definition) is 3. The van der Waals surface area contributed by atoms with Gasteiger partial charge in [-0.05, 0) is 17.7 Å². The second-order valence-corrected chi connectivity index (χ2v) is 4.45. The first kappa shape index (κ1) is 12.9. The van der Waals surface area contributed by atoms with Gasteiger partial charge in [0.1, 0.15) is 0 Å². The fourth-order valence-electron chi connectivity index (χ4n) is 1.02. The molecule has 1 aromatic carbocycles. The van der Waals surface area contributed by atoms with E-state index in [0.29, 0.717) is 10.8 Å². The third kappa shape index (κ3) is 5.04. The summed E-state index contributed by atoms with van der Waals surface area (Å²) in [6.07, 6.45) is 0. The van der Waals surface area contributed by atoms with E-state index in [0.717, 1.165) is 5.56 Å². The molecular formula is C10H11ClN2O2S. The summed E-state index contributed by atoms with van der Waals surface area (Å²) in [6.45, 7) is 0. The molecule has 4 nitrogen and oxygen atoms in total. The van der Waals surface area contributed by atoms with Crippen molar-refractivity contribution >= 4 is 35.3 Å². The standard InChI is InChI=1S/C10H11ClN2O2S/c11-8-3-1-7(2-4-8)5-16-6-9(14)13-10(12)15/h1-4H,5-6H2,(H3,12,13,14,15). The smallest absolute Gasteiger partial charge is 0.318 e. The Hall–Kier alpha value is -1.20. The second kappa shape index (κ2) is 6.40. The topological polar surface area (TPSA) is 72.2 Å². The first-order chi connectivity index (χ1) is 7.58. The van der Waals surface area contributed by atoms with Crippen molar-refractivity contribution in [2.24, 2.45) is 5.73 Å². The minimum absolute atomic E-state index is 0.200. The Bertz CT molecular complexity index is 381. The number of imide groups is 1. The van der Waals surface area contributed by atoms with E-state index in [1.807, 2.05) is 17.4 Å². The third-order valence-corrected chi connectivity index (χ3v) is 2.93. The van der Waals surface area contributed by atoms with Crippen molar-refractivity contribution in [3.63, 3.8) is 0 Å². The molecule has 1 aromatic rings. The lowest BCUT2D eigenvalue weighted by atomic mass is 10.2. The van der Waals surface area contributed by atoms with Gasteiger partial charge in [0.15, 0.2) is 0 Å². The summed E-state index contributed by atoms with van der Waals surface area (Å²) in [7, 11) is 0. The van der Waals surface area contributed by atoms with E-state index in [1.165, 1.54) is 11.8 Å². The van der Waals surface area contributed by atoms with Crippen LogP contribution in [0.5, 0.6) is 0 Å². The molecule has 0 fully saturated rings. The van der Waals surface area contributed by atoms with E-state index in [-0.39, 0.29) is 11.7 Å². The number of carbonyl (C=O) groups is 2.